The van der Waals surface area contributed by atoms with Crippen LogP contribution in [0.5, 0.6) is 0 Å². The van der Waals surface area contributed by atoms with Gasteiger partial charge in [0.25, 0.3) is 0 Å². The van der Waals surface area contributed by atoms with Crippen LogP contribution in [0.15, 0.2) is 36.5 Å². The molecule has 0 amide bonds. The van der Waals surface area contributed by atoms with Gasteiger partial charge in [0.2, 0.25) is 0 Å². The number of pyridine rings is 1. The number of hydrogen-bond acceptors (Lipinski definition) is 5. The number of nitrogens with zero attached hydrogens (tertiary/aromatic N) is 3. The van der Waals surface area contributed by atoms with E-state index in [1.54, 1.807) is 28.6 Å². The predicted molar refractivity (Wildman–Crippen MR) is 113 cm³/mol. The highest BCUT2D eigenvalue weighted by Crippen LogP contribution is 2.47. The molecule has 0 saturated carbocycles. The van der Waals surface area contributed by atoms with Gasteiger partial charge in [-0.05, 0) is 29.8 Å². The van der Waals surface area contributed by atoms with E-state index >= 15 is 0 Å². The van der Waals surface area contributed by atoms with Crippen LogP contribution in [0.2, 0.25) is 10.0 Å². The maximum absolute atomic E-state index is 11.1. The first-order valence-corrected chi connectivity index (χ1v) is 10.3. The van der Waals surface area contributed by atoms with Crippen molar-refractivity contribution in [1.29, 1.82) is 0 Å². The number of aromatic carboxylic acids is 1. The highest BCUT2D eigenvalue weighted by molar-refractivity contribution is 7.99. The minimum absolute atomic E-state index is 0.0561. The number of fused-ring (bicyclic) bond motifs is 1. The summed E-state index contributed by atoms with van der Waals surface area (Å²) in [6, 6.07) is 8.73. The lowest BCUT2D eigenvalue weighted by molar-refractivity contribution is 0.0696. The van der Waals surface area contributed by atoms with Gasteiger partial charge in [0.15, 0.2) is 0 Å². The number of nitrogens with one attached hydrogen (secondary N) is 1. The first kappa shape index (κ1) is 19.1. The van der Waals surface area contributed by atoms with Crippen molar-refractivity contribution in [1.82, 2.24) is 14.8 Å². The number of carbonyl (C=O) groups is 1. The summed E-state index contributed by atoms with van der Waals surface area (Å²) in [5, 5.41) is 18.3. The van der Waals surface area contributed by atoms with Crippen LogP contribution in [-0.4, -0.2) is 38.1 Å². The molecule has 0 fully saturated rings. The molecule has 3 aromatic rings. The van der Waals surface area contributed by atoms with Crippen molar-refractivity contribution < 1.29 is 9.90 Å². The van der Waals surface area contributed by atoms with Crippen LogP contribution in [0.25, 0.3) is 11.4 Å². The third-order valence-electron chi connectivity index (χ3n) is 4.52. The van der Waals surface area contributed by atoms with Gasteiger partial charge in [0.05, 0.1) is 16.5 Å². The highest BCUT2D eigenvalue weighted by atomic mass is 35.5. The Bertz CT molecular complexity index is 1050. The third kappa shape index (κ3) is 3.45. The molecular formula is C19H16Cl2N4O2S. The van der Waals surface area contributed by atoms with Gasteiger partial charge in [-0.3, -0.25) is 9.67 Å². The molecule has 0 radical (unpaired) electrons. The van der Waals surface area contributed by atoms with Crippen LogP contribution in [0.4, 0.5) is 5.82 Å². The summed E-state index contributed by atoms with van der Waals surface area (Å²) < 4.78 is 1.79. The van der Waals surface area contributed by atoms with E-state index in [1.807, 2.05) is 19.2 Å². The van der Waals surface area contributed by atoms with Gasteiger partial charge in [-0.15, -0.1) is 11.8 Å². The monoisotopic (exact) mass is 434 g/mol. The van der Waals surface area contributed by atoms with Crippen molar-refractivity contribution in [3.05, 3.63) is 63.3 Å². The van der Waals surface area contributed by atoms with E-state index < -0.39 is 5.97 Å². The summed E-state index contributed by atoms with van der Waals surface area (Å²) in [5.74, 6) is 0.783. The summed E-state index contributed by atoms with van der Waals surface area (Å²) in [4.78, 5) is 15.5. The minimum Gasteiger partial charge on any atom is -0.478 e. The normalized spacial score (nSPS) is 16.2. The standard InChI is InChI=1S/C19H16Cl2N4O2S/c1-25-18-15(16(24-25)14-5-2-10(9-23-14)19(26)27)17(28-7-6-22-18)12-4-3-11(20)8-13(12)21/h2-5,8-9,17,22H,6-7H2,1H3,(H,26,27). The quantitative estimate of drug-likeness (QED) is 0.619. The average Bonchev–Trinajstić information content (AvgIpc) is 2.85. The molecular weight excluding hydrogens is 419 g/mol. The number of thioether (sulfide) groups is 1. The van der Waals surface area contributed by atoms with E-state index in [1.165, 1.54) is 12.3 Å². The number of rotatable bonds is 3. The van der Waals surface area contributed by atoms with Crippen LogP contribution < -0.4 is 5.32 Å². The second-order valence-corrected chi connectivity index (χ2v) is 8.37. The molecule has 1 unspecified atom stereocenters. The second kappa shape index (κ2) is 7.66. The van der Waals surface area contributed by atoms with E-state index in [0.29, 0.717) is 21.4 Å². The second-order valence-electron chi connectivity index (χ2n) is 6.32. The summed E-state index contributed by atoms with van der Waals surface area (Å²) in [6.07, 6.45) is 1.35. The largest absolute Gasteiger partial charge is 0.478 e. The predicted octanol–water partition coefficient (Wildman–Crippen LogP) is 4.74. The molecule has 2 aromatic heterocycles. The molecule has 1 atom stereocenters. The van der Waals surface area contributed by atoms with Gasteiger partial charge >= 0.3 is 5.97 Å². The number of carboxylic acids is 1. The molecule has 0 spiro atoms. The Hall–Kier alpha value is -2.22. The summed E-state index contributed by atoms with van der Waals surface area (Å²) in [7, 11) is 1.87. The lowest BCUT2D eigenvalue weighted by Gasteiger charge is -2.18. The molecule has 6 nitrogen and oxygen atoms in total. The van der Waals surface area contributed by atoms with Crippen LogP contribution in [0, 0.1) is 0 Å². The van der Waals surface area contributed by atoms with Gasteiger partial charge in [0.1, 0.15) is 11.5 Å². The molecule has 9 heteroatoms. The molecule has 1 aliphatic rings. The van der Waals surface area contributed by atoms with Gasteiger partial charge < -0.3 is 10.4 Å². The lowest BCUT2D eigenvalue weighted by Crippen LogP contribution is -2.06. The molecule has 3 heterocycles. The molecule has 2 N–H and O–H groups in total. The van der Waals surface area contributed by atoms with Crippen molar-refractivity contribution in [3.63, 3.8) is 0 Å². The Morgan fingerprint density at radius 1 is 1.32 bits per heavy atom. The first-order chi connectivity index (χ1) is 13.5. The van der Waals surface area contributed by atoms with Gasteiger partial charge in [-0.1, -0.05) is 29.3 Å². The fourth-order valence-corrected chi connectivity index (χ4v) is 5.05. The van der Waals surface area contributed by atoms with Crippen molar-refractivity contribution in [2.75, 3.05) is 17.6 Å². The van der Waals surface area contributed by atoms with Crippen LogP contribution >= 0.6 is 35.0 Å². The molecule has 144 valence electrons. The zero-order valence-electron chi connectivity index (χ0n) is 14.8. The van der Waals surface area contributed by atoms with Gasteiger partial charge in [0, 0.05) is 41.2 Å². The summed E-state index contributed by atoms with van der Waals surface area (Å²) in [6.45, 7) is 0.795. The Balaban J connectivity index is 1.88. The lowest BCUT2D eigenvalue weighted by atomic mass is 10.0. The van der Waals surface area contributed by atoms with Crippen LogP contribution in [0.3, 0.4) is 0 Å². The molecule has 0 aliphatic carbocycles. The van der Waals surface area contributed by atoms with Crippen molar-refractivity contribution >= 4 is 46.8 Å². The smallest absolute Gasteiger partial charge is 0.337 e. The number of anilines is 1. The zero-order valence-corrected chi connectivity index (χ0v) is 17.1. The van der Waals surface area contributed by atoms with Crippen molar-refractivity contribution in [2.45, 2.75) is 5.25 Å². The summed E-state index contributed by atoms with van der Waals surface area (Å²) >= 11 is 14.4. The van der Waals surface area contributed by atoms with Gasteiger partial charge in [-0.25, -0.2) is 4.79 Å². The SMILES string of the molecule is Cn1nc(-c2ccc(C(=O)O)cn2)c2c1NCCSC2c1ccc(Cl)cc1Cl. The Morgan fingerprint density at radius 3 is 2.82 bits per heavy atom. The maximum atomic E-state index is 11.1. The fraction of sp³-hybridized carbons (Fsp3) is 0.211. The van der Waals surface area contributed by atoms with Crippen LogP contribution in [0.1, 0.15) is 26.7 Å². The molecule has 1 aromatic carbocycles. The molecule has 4 rings (SSSR count). The van der Waals surface area contributed by atoms with Crippen LogP contribution in [-0.2, 0) is 7.05 Å². The number of carboxylic acid groups (broad SMARTS) is 1. The Morgan fingerprint density at radius 2 is 2.14 bits per heavy atom. The maximum Gasteiger partial charge on any atom is 0.337 e. The molecule has 0 saturated heterocycles. The van der Waals surface area contributed by atoms with Gasteiger partial charge in [-0.2, -0.15) is 5.10 Å². The van der Waals surface area contributed by atoms with E-state index in [2.05, 4.69) is 15.4 Å². The number of hydrogen-bond donors (Lipinski definition) is 2. The van der Waals surface area contributed by atoms with Crippen molar-refractivity contribution in [3.8, 4) is 11.4 Å². The fourth-order valence-electron chi connectivity index (χ4n) is 3.24. The average molecular weight is 435 g/mol. The van der Waals surface area contributed by atoms with E-state index in [4.69, 9.17) is 28.3 Å². The zero-order chi connectivity index (χ0) is 19.8. The number of aromatic nitrogens is 3. The number of benzene rings is 1. The highest BCUT2D eigenvalue weighted by Gasteiger charge is 2.30. The molecule has 1 aliphatic heterocycles. The van der Waals surface area contributed by atoms with Crippen molar-refractivity contribution in [2.24, 2.45) is 7.05 Å². The van der Waals surface area contributed by atoms with E-state index in [-0.39, 0.29) is 10.8 Å². The number of aryl methyl sites for hydroxylation is 1. The third-order valence-corrected chi connectivity index (χ3v) is 6.35. The first-order valence-electron chi connectivity index (χ1n) is 8.52. The van der Waals surface area contributed by atoms with E-state index in [0.717, 1.165) is 29.2 Å². The molecule has 28 heavy (non-hydrogen) atoms. The minimum atomic E-state index is -1.01. The number of halogens is 2. The summed E-state index contributed by atoms with van der Waals surface area (Å²) in [5.41, 5.74) is 3.38. The Kier molecular flexibility index (Phi) is 5.23. The topological polar surface area (TPSA) is 80.0 Å². The van der Waals surface area contributed by atoms with E-state index in [9.17, 15) is 4.79 Å². The Labute approximate surface area is 175 Å². The molecule has 0 bridgehead atoms.